The maximum absolute atomic E-state index is 12.5. The van der Waals surface area contributed by atoms with Crippen LogP contribution in [0.4, 0.5) is 0 Å². The first kappa shape index (κ1) is 21.9. The molecule has 1 atom stereocenters. The molecule has 0 saturated carbocycles. The molecular weight excluding hydrogens is 334 g/mol. The molecule has 1 unspecified atom stereocenters. The molecule has 1 fully saturated rings. The highest BCUT2D eigenvalue weighted by molar-refractivity contribution is 5.85. The molecule has 1 aliphatic rings. The van der Waals surface area contributed by atoms with E-state index in [-0.39, 0.29) is 24.4 Å². The highest BCUT2D eigenvalue weighted by Crippen LogP contribution is 2.22. The van der Waals surface area contributed by atoms with Crippen molar-refractivity contribution in [2.24, 2.45) is 11.8 Å². The Hall–Kier alpha value is -1.10. The first-order chi connectivity index (χ1) is 11.6. The van der Waals surface area contributed by atoms with Crippen LogP contribution in [0.15, 0.2) is 30.3 Å². The van der Waals surface area contributed by atoms with Crippen molar-refractivity contribution in [3.8, 4) is 0 Å². The van der Waals surface area contributed by atoms with E-state index in [0.29, 0.717) is 12.5 Å². The minimum absolute atomic E-state index is 0. The van der Waals surface area contributed by atoms with Crippen molar-refractivity contribution < 1.29 is 4.79 Å². The minimum atomic E-state index is 0. The summed E-state index contributed by atoms with van der Waals surface area (Å²) in [7, 11) is 2.01. The Morgan fingerprint density at radius 1 is 1.20 bits per heavy atom. The van der Waals surface area contributed by atoms with Crippen LogP contribution in [0, 0.1) is 11.8 Å². The average Bonchev–Trinajstić information content (AvgIpc) is 2.59. The van der Waals surface area contributed by atoms with E-state index in [0.717, 1.165) is 25.6 Å². The van der Waals surface area contributed by atoms with Crippen molar-refractivity contribution in [3.05, 3.63) is 35.9 Å². The lowest BCUT2D eigenvalue weighted by molar-refractivity contribution is -0.123. The average molecular weight is 368 g/mol. The number of benzene rings is 1. The second kappa shape index (κ2) is 11.5. The first-order valence-corrected chi connectivity index (χ1v) is 9.31. The molecule has 0 aromatic heterocycles. The van der Waals surface area contributed by atoms with Crippen LogP contribution in [0.25, 0.3) is 0 Å². The van der Waals surface area contributed by atoms with Crippen molar-refractivity contribution in [2.75, 3.05) is 33.2 Å². The van der Waals surface area contributed by atoms with E-state index in [4.69, 9.17) is 0 Å². The van der Waals surface area contributed by atoms with Crippen molar-refractivity contribution in [3.63, 3.8) is 0 Å². The van der Waals surface area contributed by atoms with Crippen LogP contribution in [0.5, 0.6) is 0 Å². The molecule has 0 bridgehead atoms. The SMILES string of the molecule is CNCCC1CCN(CC(=O)NC(c2ccccc2)C(C)C)CC1.Cl. The van der Waals surface area contributed by atoms with Gasteiger partial charge in [-0.15, -0.1) is 12.4 Å². The molecule has 1 aliphatic heterocycles. The molecule has 1 amide bonds. The number of nitrogens with one attached hydrogen (secondary N) is 2. The number of likely N-dealkylation sites (tertiary alicyclic amines) is 1. The molecule has 1 aromatic carbocycles. The Balaban J connectivity index is 0.00000312. The molecule has 1 saturated heterocycles. The second-order valence-corrected chi connectivity index (χ2v) is 7.31. The monoisotopic (exact) mass is 367 g/mol. The maximum atomic E-state index is 12.5. The highest BCUT2D eigenvalue weighted by Gasteiger charge is 2.23. The zero-order chi connectivity index (χ0) is 17.4. The molecular formula is C20H34ClN3O. The standard InChI is InChI=1S/C20H33N3O.ClH/c1-16(2)20(18-7-5-4-6-8-18)22-19(24)15-23-13-10-17(11-14-23)9-12-21-3;/h4-8,16-17,20-21H,9-15H2,1-3H3,(H,22,24);1H. The van der Waals surface area contributed by atoms with Crippen molar-refractivity contribution in [1.29, 1.82) is 0 Å². The Kier molecular flexibility index (Phi) is 10.1. The lowest BCUT2D eigenvalue weighted by atomic mass is 9.93. The summed E-state index contributed by atoms with van der Waals surface area (Å²) in [5, 5.41) is 6.46. The van der Waals surface area contributed by atoms with Gasteiger partial charge in [-0.05, 0) is 63.3 Å². The number of halogens is 1. The van der Waals surface area contributed by atoms with Gasteiger partial charge >= 0.3 is 0 Å². The van der Waals surface area contributed by atoms with Gasteiger partial charge in [-0.3, -0.25) is 9.69 Å². The number of piperidine rings is 1. The summed E-state index contributed by atoms with van der Waals surface area (Å²) in [6.07, 6.45) is 3.67. The van der Waals surface area contributed by atoms with Gasteiger partial charge < -0.3 is 10.6 Å². The first-order valence-electron chi connectivity index (χ1n) is 9.31. The molecule has 142 valence electrons. The summed E-state index contributed by atoms with van der Waals surface area (Å²) in [6, 6.07) is 10.4. The number of carbonyl (C=O) groups excluding carboxylic acids is 1. The Bertz CT molecular complexity index is 487. The molecule has 0 aliphatic carbocycles. The van der Waals surface area contributed by atoms with E-state index in [9.17, 15) is 4.79 Å². The van der Waals surface area contributed by atoms with Gasteiger partial charge in [0.05, 0.1) is 12.6 Å². The van der Waals surface area contributed by atoms with Gasteiger partial charge in [-0.25, -0.2) is 0 Å². The Labute approximate surface area is 159 Å². The molecule has 0 spiro atoms. The van der Waals surface area contributed by atoms with Gasteiger partial charge in [0.1, 0.15) is 0 Å². The van der Waals surface area contributed by atoms with Crippen LogP contribution in [0.2, 0.25) is 0 Å². The molecule has 2 rings (SSSR count). The number of hydrogen-bond acceptors (Lipinski definition) is 3. The lowest BCUT2D eigenvalue weighted by Gasteiger charge is -2.32. The Morgan fingerprint density at radius 3 is 2.40 bits per heavy atom. The van der Waals surface area contributed by atoms with E-state index < -0.39 is 0 Å². The molecule has 5 heteroatoms. The largest absolute Gasteiger partial charge is 0.348 e. The maximum Gasteiger partial charge on any atom is 0.234 e. The van der Waals surface area contributed by atoms with Crippen LogP contribution in [-0.4, -0.2) is 44.0 Å². The quantitative estimate of drug-likeness (QED) is 0.741. The van der Waals surface area contributed by atoms with Crippen LogP contribution >= 0.6 is 12.4 Å². The third-order valence-electron chi connectivity index (χ3n) is 5.02. The summed E-state index contributed by atoms with van der Waals surface area (Å²) < 4.78 is 0. The van der Waals surface area contributed by atoms with Gasteiger partial charge in [0.2, 0.25) is 5.91 Å². The van der Waals surface area contributed by atoms with Crippen molar-refractivity contribution >= 4 is 18.3 Å². The third-order valence-corrected chi connectivity index (χ3v) is 5.02. The van der Waals surface area contributed by atoms with Gasteiger partial charge in [-0.2, -0.15) is 0 Å². The highest BCUT2D eigenvalue weighted by atomic mass is 35.5. The number of nitrogens with zero attached hydrogens (tertiary/aromatic N) is 1. The topological polar surface area (TPSA) is 44.4 Å². The molecule has 1 aromatic rings. The van der Waals surface area contributed by atoms with E-state index in [2.05, 4.69) is 41.5 Å². The normalized spacial score (nSPS) is 17.1. The fourth-order valence-electron chi connectivity index (χ4n) is 3.50. The fourth-order valence-corrected chi connectivity index (χ4v) is 3.50. The van der Waals surface area contributed by atoms with Gasteiger partial charge in [-0.1, -0.05) is 44.2 Å². The second-order valence-electron chi connectivity index (χ2n) is 7.31. The van der Waals surface area contributed by atoms with E-state index >= 15 is 0 Å². The molecule has 2 N–H and O–H groups in total. The van der Waals surface area contributed by atoms with Crippen LogP contribution in [-0.2, 0) is 4.79 Å². The number of amides is 1. The summed E-state index contributed by atoms with van der Waals surface area (Å²) in [6.45, 7) is 8.02. The van der Waals surface area contributed by atoms with E-state index in [1.807, 2.05) is 25.2 Å². The number of carbonyl (C=O) groups is 1. The van der Waals surface area contributed by atoms with Crippen LogP contribution in [0.1, 0.15) is 44.7 Å². The van der Waals surface area contributed by atoms with Crippen molar-refractivity contribution in [2.45, 2.75) is 39.2 Å². The van der Waals surface area contributed by atoms with Crippen LogP contribution < -0.4 is 10.6 Å². The summed E-state index contributed by atoms with van der Waals surface area (Å²) in [5.74, 6) is 1.33. The predicted molar refractivity (Wildman–Crippen MR) is 107 cm³/mol. The zero-order valence-corrected chi connectivity index (χ0v) is 16.6. The molecule has 0 radical (unpaired) electrons. The Morgan fingerprint density at radius 2 is 1.84 bits per heavy atom. The van der Waals surface area contributed by atoms with Crippen LogP contribution in [0.3, 0.4) is 0 Å². The summed E-state index contributed by atoms with van der Waals surface area (Å²) in [4.78, 5) is 14.8. The fraction of sp³-hybridized carbons (Fsp3) is 0.650. The number of hydrogen-bond donors (Lipinski definition) is 2. The number of rotatable bonds is 8. The van der Waals surface area contributed by atoms with Crippen molar-refractivity contribution in [1.82, 2.24) is 15.5 Å². The van der Waals surface area contributed by atoms with E-state index in [1.54, 1.807) is 0 Å². The van der Waals surface area contributed by atoms with Gasteiger partial charge in [0.25, 0.3) is 0 Å². The lowest BCUT2D eigenvalue weighted by Crippen LogP contribution is -2.43. The molecule has 25 heavy (non-hydrogen) atoms. The third kappa shape index (κ3) is 7.35. The molecule has 4 nitrogen and oxygen atoms in total. The molecule has 1 heterocycles. The minimum Gasteiger partial charge on any atom is -0.348 e. The van der Waals surface area contributed by atoms with E-state index in [1.165, 1.54) is 24.8 Å². The van der Waals surface area contributed by atoms with Gasteiger partial charge in [0.15, 0.2) is 0 Å². The summed E-state index contributed by atoms with van der Waals surface area (Å²) in [5.41, 5.74) is 1.19. The predicted octanol–water partition coefficient (Wildman–Crippen LogP) is 3.24. The smallest absolute Gasteiger partial charge is 0.234 e. The summed E-state index contributed by atoms with van der Waals surface area (Å²) >= 11 is 0. The van der Waals surface area contributed by atoms with Gasteiger partial charge in [0, 0.05) is 0 Å². The zero-order valence-electron chi connectivity index (χ0n) is 15.8.